The molecule has 0 aliphatic carbocycles. The van der Waals surface area contributed by atoms with Gasteiger partial charge in [0.1, 0.15) is 5.75 Å². The molecule has 8 nitrogen and oxygen atoms in total. The van der Waals surface area contributed by atoms with E-state index in [-0.39, 0.29) is 11.7 Å². The lowest BCUT2D eigenvalue weighted by atomic mass is 10.1. The number of amides is 2. The Morgan fingerprint density at radius 2 is 2.00 bits per heavy atom. The number of phenols is 1. The minimum atomic E-state index is -0.796. The summed E-state index contributed by atoms with van der Waals surface area (Å²) in [5, 5.41) is 18.8. The second kappa shape index (κ2) is 9.31. The van der Waals surface area contributed by atoms with Crippen molar-refractivity contribution in [1.82, 2.24) is 10.2 Å². The molecule has 0 unspecified atom stereocenters. The monoisotopic (exact) mass is 333 g/mol. The Bertz CT molecular complexity index is 613. The molecule has 0 radical (unpaired) electrons. The summed E-state index contributed by atoms with van der Waals surface area (Å²) in [6.07, 6.45) is 3.75. The fourth-order valence-electron chi connectivity index (χ4n) is 1.89. The Kier molecular flexibility index (Phi) is 7.44. The first kappa shape index (κ1) is 19.2. The van der Waals surface area contributed by atoms with Crippen LogP contribution in [0.3, 0.4) is 0 Å². The van der Waals surface area contributed by atoms with Gasteiger partial charge >= 0.3 is 0 Å². The second-order valence-electron chi connectivity index (χ2n) is 5.25. The predicted molar refractivity (Wildman–Crippen MR) is 92.0 cm³/mol. The molecule has 2 amide bonds. The largest absolute Gasteiger partial charge is 0.508 e. The van der Waals surface area contributed by atoms with Gasteiger partial charge < -0.3 is 21.9 Å². The molecule has 0 aliphatic rings. The van der Waals surface area contributed by atoms with E-state index in [1.54, 1.807) is 18.2 Å². The summed E-state index contributed by atoms with van der Waals surface area (Å²) < 4.78 is 0. The smallest absolute Gasteiger partial charge is 0.252 e. The molecule has 0 bridgehead atoms. The number of phenolic OH excluding ortho intramolecular Hbond substituents is 1. The van der Waals surface area contributed by atoms with Gasteiger partial charge in [-0.25, -0.2) is 0 Å². The Morgan fingerprint density at radius 1 is 1.38 bits per heavy atom. The Labute approximate surface area is 140 Å². The first-order valence-corrected chi connectivity index (χ1v) is 7.43. The highest BCUT2D eigenvalue weighted by Crippen LogP contribution is 2.11. The standard InChI is InChI=1S/C16H23N5O3/c1-21(15(24)13(17)3-2-10-20-16(18)19)14(23)9-6-11-4-7-12(22)8-5-11/h4-9,13,22H,2-3,10,17H2,1H3,(H4,18,19,20)/t13-/m0/s1. The van der Waals surface area contributed by atoms with Crippen LogP contribution in [0.1, 0.15) is 18.4 Å². The summed E-state index contributed by atoms with van der Waals surface area (Å²) in [6, 6.07) is 5.51. The van der Waals surface area contributed by atoms with Crippen molar-refractivity contribution in [2.45, 2.75) is 18.9 Å². The predicted octanol–water partition coefficient (Wildman–Crippen LogP) is -0.0190. The molecule has 0 saturated carbocycles. The van der Waals surface area contributed by atoms with E-state index >= 15 is 0 Å². The molecule has 0 aliphatic heterocycles. The highest BCUT2D eigenvalue weighted by molar-refractivity contribution is 6.04. The molecule has 130 valence electrons. The van der Waals surface area contributed by atoms with Crippen LogP contribution in [0.2, 0.25) is 0 Å². The van der Waals surface area contributed by atoms with Gasteiger partial charge in [-0.3, -0.25) is 19.9 Å². The van der Waals surface area contributed by atoms with Gasteiger partial charge in [-0.15, -0.1) is 0 Å². The van der Waals surface area contributed by atoms with Crippen LogP contribution < -0.4 is 16.8 Å². The van der Waals surface area contributed by atoms with Gasteiger partial charge in [0.05, 0.1) is 6.04 Å². The number of carbonyl (C=O) groups excluding carboxylic acids is 2. The summed E-state index contributed by atoms with van der Waals surface area (Å²) in [5.74, 6) is -0.957. The first-order valence-electron chi connectivity index (χ1n) is 7.43. The van der Waals surface area contributed by atoms with Gasteiger partial charge in [-0.1, -0.05) is 12.1 Å². The van der Waals surface area contributed by atoms with Crippen molar-refractivity contribution in [2.24, 2.45) is 11.5 Å². The number of carbonyl (C=O) groups is 2. The van der Waals surface area contributed by atoms with E-state index in [9.17, 15) is 14.7 Å². The van der Waals surface area contributed by atoms with E-state index in [1.165, 1.54) is 25.3 Å². The molecule has 0 saturated heterocycles. The van der Waals surface area contributed by atoms with Crippen molar-refractivity contribution in [2.75, 3.05) is 13.6 Å². The third-order valence-electron chi connectivity index (χ3n) is 3.30. The van der Waals surface area contributed by atoms with E-state index in [2.05, 4.69) is 5.32 Å². The van der Waals surface area contributed by atoms with Crippen LogP contribution in [0.4, 0.5) is 0 Å². The first-order chi connectivity index (χ1) is 11.3. The molecule has 1 atom stereocenters. The number of aromatic hydroxyl groups is 1. The molecule has 8 heteroatoms. The number of imide groups is 1. The lowest BCUT2D eigenvalue weighted by molar-refractivity contribution is -0.141. The van der Waals surface area contributed by atoms with Crippen LogP contribution in [0.25, 0.3) is 6.08 Å². The van der Waals surface area contributed by atoms with Gasteiger partial charge in [0.15, 0.2) is 5.96 Å². The van der Waals surface area contributed by atoms with Gasteiger partial charge in [-0.2, -0.15) is 0 Å². The van der Waals surface area contributed by atoms with Crippen LogP contribution in [0, 0.1) is 5.41 Å². The third-order valence-corrected chi connectivity index (χ3v) is 3.30. The Morgan fingerprint density at radius 3 is 2.58 bits per heavy atom. The highest BCUT2D eigenvalue weighted by atomic mass is 16.3. The molecule has 24 heavy (non-hydrogen) atoms. The summed E-state index contributed by atoms with van der Waals surface area (Å²) in [6.45, 7) is 0.439. The average Bonchev–Trinajstić information content (AvgIpc) is 2.56. The van der Waals surface area contributed by atoms with Gasteiger partial charge in [0.25, 0.3) is 5.91 Å². The van der Waals surface area contributed by atoms with Crippen LogP contribution >= 0.6 is 0 Å². The van der Waals surface area contributed by atoms with E-state index < -0.39 is 17.9 Å². The number of hydrogen-bond donors (Lipinski definition) is 5. The zero-order valence-electron chi connectivity index (χ0n) is 13.5. The maximum Gasteiger partial charge on any atom is 0.252 e. The normalized spacial score (nSPS) is 11.9. The molecular formula is C16H23N5O3. The van der Waals surface area contributed by atoms with Crippen molar-refractivity contribution in [3.63, 3.8) is 0 Å². The minimum Gasteiger partial charge on any atom is -0.508 e. The number of hydrogen-bond acceptors (Lipinski definition) is 5. The molecular weight excluding hydrogens is 310 g/mol. The minimum absolute atomic E-state index is 0.135. The molecule has 0 heterocycles. The van der Waals surface area contributed by atoms with Gasteiger partial charge in [0.2, 0.25) is 5.91 Å². The quantitative estimate of drug-likeness (QED) is 0.205. The third kappa shape index (κ3) is 6.49. The number of benzene rings is 1. The van der Waals surface area contributed by atoms with Crippen LogP contribution in [-0.4, -0.2) is 47.4 Å². The van der Waals surface area contributed by atoms with E-state index in [0.29, 0.717) is 19.4 Å². The Hall–Kier alpha value is -2.87. The van der Waals surface area contributed by atoms with Crippen molar-refractivity contribution in [1.29, 1.82) is 5.41 Å². The average molecular weight is 333 g/mol. The lowest BCUT2D eigenvalue weighted by Crippen LogP contribution is -2.44. The number of rotatable bonds is 7. The number of nitrogens with zero attached hydrogens (tertiary/aromatic N) is 1. The molecule has 1 aromatic rings. The number of likely N-dealkylation sites (N-methyl/N-ethyl adjacent to an activating group) is 1. The van der Waals surface area contributed by atoms with E-state index in [1.807, 2.05) is 0 Å². The van der Waals surface area contributed by atoms with Crippen molar-refractivity contribution in [3.05, 3.63) is 35.9 Å². The fourth-order valence-corrected chi connectivity index (χ4v) is 1.89. The van der Waals surface area contributed by atoms with Gasteiger partial charge in [0, 0.05) is 19.7 Å². The molecule has 0 spiro atoms. The van der Waals surface area contributed by atoms with Gasteiger partial charge in [-0.05, 0) is 36.6 Å². The SMILES string of the molecule is CN(C(=O)C=Cc1ccc(O)cc1)C(=O)[C@@H](N)CCCNC(=N)N. The topological polar surface area (TPSA) is 146 Å². The molecule has 1 aromatic carbocycles. The maximum atomic E-state index is 12.1. The lowest BCUT2D eigenvalue weighted by Gasteiger charge is -2.18. The maximum absolute atomic E-state index is 12.1. The van der Waals surface area contributed by atoms with Crippen molar-refractivity contribution < 1.29 is 14.7 Å². The van der Waals surface area contributed by atoms with Crippen molar-refractivity contribution in [3.8, 4) is 5.75 Å². The highest BCUT2D eigenvalue weighted by Gasteiger charge is 2.21. The van der Waals surface area contributed by atoms with Crippen LogP contribution in [0.5, 0.6) is 5.75 Å². The van der Waals surface area contributed by atoms with E-state index in [0.717, 1.165) is 10.5 Å². The molecule has 1 rings (SSSR count). The van der Waals surface area contributed by atoms with E-state index in [4.69, 9.17) is 16.9 Å². The molecule has 7 N–H and O–H groups in total. The number of nitrogens with two attached hydrogens (primary N) is 2. The zero-order chi connectivity index (χ0) is 18.1. The summed E-state index contributed by atoms with van der Waals surface area (Å²) >= 11 is 0. The molecule has 0 fully saturated rings. The van der Waals surface area contributed by atoms with Crippen molar-refractivity contribution >= 4 is 23.8 Å². The fraction of sp³-hybridized carbons (Fsp3) is 0.312. The number of guanidine groups is 1. The second-order valence-corrected chi connectivity index (χ2v) is 5.25. The molecule has 0 aromatic heterocycles. The number of nitrogens with one attached hydrogen (secondary N) is 2. The summed E-state index contributed by atoms with van der Waals surface area (Å²) in [4.78, 5) is 25.1. The zero-order valence-corrected chi connectivity index (χ0v) is 13.5. The summed E-state index contributed by atoms with van der Waals surface area (Å²) in [7, 11) is 1.37. The summed E-state index contributed by atoms with van der Waals surface area (Å²) in [5.41, 5.74) is 11.7. The van der Waals surface area contributed by atoms with Crippen LogP contribution in [0.15, 0.2) is 30.3 Å². The Balaban J connectivity index is 2.49. The van der Waals surface area contributed by atoms with Crippen LogP contribution in [-0.2, 0) is 9.59 Å².